The minimum absolute atomic E-state index is 0.0571. The molecule has 1 saturated heterocycles. The SMILES string of the molecule is O=C(O)CN(CCN(CC(=O)O)CC(=O)O)CCN(CC(=O)O)CC(=O)NCC(=O)N1CCC[C@H]1C(=O)N[C@@H](Cc1cnc[nH]1)C(=O)N[C@@H](Cc1c[nH]c2ccccc12)C(=O)N[C@@H](CO)C(=O)N[C@@H](Cc1ccc(O)cc1)C(=O)O. The highest BCUT2D eigenvalue weighted by Gasteiger charge is 2.38. The molecule has 30 nitrogen and oxygen atoms in total. The van der Waals surface area contributed by atoms with E-state index in [-0.39, 0.29) is 64.2 Å². The first-order valence-corrected chi connectivity index (χ1v) is 25.0. The largest absolute Gasteiger partial charge is 0.508 e. The van der Waals surface area contributed by atoms with Crippen molar-refractivity contribution in [1.82, 2.24) is 61.1 Å². The third kappa shape index (κ3) is 19.8. The molecule has 0 saturated carbocycles. The lowest BCUT2D eigenvalue weighted by Gasteiger charge is -2.28. The maximum absolute atomic E-state index is 14.4. The number of nitrogens with zero attached hydrogens (tertiary/aromatic N) is 5. The van der Waals surface area contributed by atoms with E-state index in [1.54, 1.807) is 30.5 Å². The molecule has 0 spiro atoms. The number of hydrogen-bond donors (Lipinski definition) is 14. The zero-order valence-corrected chi connectivity index (χ0v) is 43.1. The van der Waals surface area contributed by atoms with Gasteiger partial charge in [0.25, 0.3) is 0 Å². The molecule has 6 amide bonds. The van der Waals surface area contributed by atoms with Crippen molar-refractivity contribution in [1.29, 1.82) is 0 Å². The van der Waals surface area contributed by atoms with Gasteiger partial charge in [0.15, 0.2) is 0 Å². The minimum Gasteiger partial charge on any atom is -0.508 e. The number of aromatic amines is 2. The smallest absolute Gasteiger partial charge is 0.326 e. The van der Waals surface area contributed by atoms with Crippen LogP contribution in [0.3, 0.4) is 0 Å². The highest BCUT2D eigenvalue weighted by atomic mass is 16.4. The number of nitrogens with one attached hydrogen (secondary N) is 7. The van der Waals surface area contributed by atoms with Crippen molar-refractivity contribution in [3.8, 4) is 5.75 Å². The summed E-state index contributed by atoms with van der Waals surface area (Å²) in [4.78, 5) is 156. The van der Waals surface area contributed by atoms with Crippen molar-refractivity contribution in [2.24, 2.45) is 0 Å². The monoisotopic (exact) mass is 1120 g/mol. The van der Waals surface area contributed by atoms with Crippen molar-refractivity contribution >= 4 is 76.2 Å². The molecule has 4 aromatic rings. The van der Waals surface area contributed by atoms with Gasteiger partial charge in [0, 0.05) is 81.0 Å². The number of carbonyl (C=O) groups excluding carboxylic acids is 6. The number of aromatic nitrogens is 3. The molecule has 0 aliphatic carbocycles. The number of carboxylic acids is 5. The van der Waals surface area contributed by atoms with E-state index < -0.39 is 141 Å². The number of fused-ring (bicyclic) bond motifs is 1. The third-order valence-electron chi connectivity index (χ3n) is 12.7. The number of carboxylic acid groups (broad SMARTS) is 5. The lowest BCUT2D eigenvalue weighted by atomic mass is 10.0. The first-order valence-electron chi connectivity index (χ1n) is 25.0. The molecule has 0 bridgehead atoms. The van der Waals surface area contributed by atoms with Crippen LogP contribution in [0, 0.1) is 0 Å². The van der Waals surface area contributed by atoms with Gasteiger partial charge in [-0.15, -0.1) is 0 Å². The Morgan fingerprint density at radius 3 is 1.77 bits per heavy atom. The lowest BCUT2D eigenvalue weighted by molar-refractivity contribution is -0.143. The summed E-state index contributed by atoms with van der Waals surface area (Å²) >= 11 is 0. The Morgan fingerprint density at radius 1 is 0.637 bits per heavy atom. The van der Waals surface area contributed by atoms with Crippen molar-refractivity contribution in [3.05, 3.63) is 84.1 Å². The number of benzene rings is 2. The van der Waals surface area contributed by atoms with Crippen LogP contribution in [-0.2, 0) is 72.0 Å². The Labute approximate surface area is 455 Å². The lowest BCUT2D eigenvalue weighted by Crippen LogP contribution is -2.60. The van der Waals surface area contributed by atoms with Crippen LogP contribution in [0.4, 0.5) is 0 Å². The minimum atomic E-state index is -1.72. The van der Waals surface area contributed by atoms with Crippen LogP contribution in [0.2, 0.25) is 0 Å². The van der Waals surface area contributed by atoms with Crippen molar-refractivity contribution < 1.29 is 88.5 Å². The quantitative estimate of drug-likeness (QED) is 0.0212. The predicted octanol–water partition coefficient (Wildman–Crippen LogP) is -4.01. The van der Waals surface area contributed by atoms with E-state index in [0.717, 1.165) is 9.80 Å². The van der Waals surface area contributed by atoms with Gasteiger partial charge in [0.05, 0.1) is 52.2 Å². The molecule has 0 radical (unpaired) electrons. The Morgan fingerprint density at radius 2 is 1.19 bits per heavy atom. The van der Waals surface area contributed by atoms with Crippen LogP contribution >= 0.6 is 0 Å². The molecule has 80 heavy (non-hydrogen) atoms. The number of para-hydroxylation sites is 1. The molecule has 0 unspecified atom stereocenters. The summed E-state index contributed by atoms with van der Waals surface area (Å²) in [5.41, 5.74) is 2.03. The number of aromatic hydroxyl groups is 1. The molecule has 5 rings (SSSR count). The first-order chi connectivity index (χ1) is 38.1. The number of likely N-dealkylation sites (tertiary alicyclic amines) is 1. The summed E-state index contributed by atoms with van der Waals surface area (Å²) in [7, 11) is 0. The molecule has 2 aromatic carbocycles. The van der Waals surface area contributed by atoms with Crippen LogP contribution < -0.4 is 26.6 Å². The Bertz CT molecular complexity index is 2810. The van der Waals surface area contributed by atoms with Crippen LogP contribution in [0.1, 0.15) is 29.7 Å². The molecule has 3 heterocycles. The van der Waals surface area contributed by atoms with Gasteiger partial charge in [0.1, 0.15) is 36.0 Å². The summed E-state index contributed by atoms with van der Waals surface area (Å²) in [5.74, 6) is -12.1. The number of aliphatic hydroxyl groups excluding tert-OH is 1. The summed E-state index contributed by atoms with van der Waals surface area (Å²) < 4.78 is 0. The fraction of sp³-hybridized carbons (Fsp3) is 0.440. The van der Waals surface area contributed by atoms with Gasteiger partial charge in [-0.2, -0.15) is 0 Å². The van der Waals surface area contributed by atoms with Gasteiger partial charge >= 0.3 is 29.8 Å². The Hall–Kier alpha value is -9.00. The van der Waals surface area contributed by atoms with Crippen LogP contribution in [0.15, 0.2) is 67.3 Å². The van der Waals surface area contributed by atoms with E-state index in [1.165, 1.54) is 46.6 Å². The molecule has 1 aliphatic heterocycles. The number of carbonyl (C=O) groups is 11. The molecule has 2 aromatic heterocycles. The number of H-pyrrole nitrogens is 2. The normalized spacial score (nSPS) is 14.7. The van der Waals surface area contributed by atoms with E-state index in [1.807, 2.05) is 0 Å². The van der Waals surface area contributed by atoms with Crippen molar-refractivity contribution in [2.45, 2.75) is 62.3 Å². The average Bonchev–Trinajstić information content (AvgIpc) is 4.23. The molecule has 1 aliphatic rings. The second kappa shape index (κ2) is 30.2. The van der Waals surface area contributed by atoms with E-state index in [9.17, 15) is 78.3 Å². The molecular weight excluding hydrogens is 1060 g/mol. The summed E-state index contributed by atoms with van der Waals surface area (Å²) in [6.07, 6.45) is 4.13. The number of amides is 6. The molecule has 5 atom stereocenters. The molecule has 14 N–H and O–H groups in total. The van der Waals surface area contributed by atoms with E-state index in [4.69, 9.17) is 10.2 Å². The standard InChI is InChI=1S/C50H64N12O18/c63-27-38(48(77)57-37(50(79)80)16-29-7-9-32(64)10-8-29)58-46(75)35(17-30-19-52-34-5-2-1-4-33(30)34)55-47(76)36(18-31-20-51-28-54-31)56-49(78)39-6-3-11-62(39)41(66)21-53-40(65)22-60(24-43(69)70)14-12-59(23-42(67)68)13-15-61(25-44(71)72)26-45(73)74/h1-2,4-5,7-10,19-20,28,35-39,52,63-64H,3,6,11-18,21-27H2,(H,51,54)(H,53,65)(H,55,76)(H,56,78)(H,57,77)(H,58,75)(H,67,68)(H,69,70)(H,71,72)(H,73,74)(H,79,80)/t35-,36-,37-,38-,39-/m0/s1. The summed E-state index contributed by atoms with van der Waals surface area (Å²) in [6.45, 7) is -5.39. The molecular formula is C50H64N12O18. The summed E-state index contributed by atoms with van der Waals surface area (Å²) in [5, 5.41) is 80.3. The second-order valence-electron chi connectivity index (χ2n) is 18.8. The van der Waals surface area contributed by atoms with Gasteiger partial charge in [-0.05, 0) is 42.2 Å². The topological polar surface area (TPSA) is 447 Å². The average molecular weight is 1120 g/mol. The number of aliphatic carboxylic acids is 5. The molecule has 432 valence electrons. The maximum Gasteiger partial charge on any atom is 0.326 e. The fourth-order valence-electron chi connectivity index (χ4n) is 8.80. The van der Waals surface area contributed by atoms with E-state index in [0.29, 0.717) is 34.1 Å². The van der Waals surface area contributed by atoms with Crippen molar-refractivity contribution in [2.75, 3.05) is 78.6 Å². The number of imidazole rings is 1. The van der Waals surface area contributed by atoms with Crippen LogP contribution in [0.25, 0.3) is 10.9 Å². The van der Waals surface area contributed by atoms with Gasteiger partial charge < -0.3 is 77.2 Å². The number of phenols is 1. The van der Waals surface area contributed by atoms with Crippen LogP contribution in [0.5, 0.6) is 5.75 Å². The highest BCUT2D eigenvalue weighted by molar-refractivity contribution is 5.97. The molecule has 30 heteroatoms. The number of hydrogen-bond acceptors (Lipinski definition) is 17. The van der Waals surface area contributed by atoms with Gasteiger partial charge in [-0.3, -0.25) is 62.6 Å². The summed E-state index contributed by atoms with van der Waals surface area (Å²) in [6, 6.07) is 5.25. The van der Waals surface area contributed by atoms with Gasteiger partial charge in [0.2, 0.25) is 35.4 Å². The zero-order chi connectivity index (χ0) is 58.5. The van der Waals surface area contributed by atoms with Crippen molar-refractivity contribution in [3.63, 3.8) is 0 Å². The number of phenolic OH excluding ortho intramolecular Hbond substituents is 1. The first kappa shape index (κ1) is 61.8. The van der Waals surface area contributed by atoms with Crippen LogP contribution in [-0.4, -0.2) is 244 Å². The van der Waals surface area contributed by atoms with E-state index >= 15 is 0 Å². The van der Waals surface area contributed by atoms with E-state index in [2.05, 4.69) is 41.5 Å². The number of aliphatic hydroxyl groups is 1. The van der Waals surface area contributed by atoms with Gasteiger partial charge in [-0.1, -0.05) is 30.3 Å². The van der Waals surface area contributed by atoms with Gasteiger partial charge in [-0.25, -0.2) is 9.78 Å². The Kier molecular flexibility index (Phi) is 23.4. The predicted molar refractivity (Wildman–Crippen MR) is 276 cm³/mol. The number of rotatable bonds is 34. The maximum atomic E-state index is 14.4. The zero-order valence-electron chi connectivity index (χ0n) is 43.1. The Balaban J connectivity index is 1.26. The highest BCUT2D eigenvalue weighted by Crippen LogP contribution is 2.21. The second-order valence-corrected chi connectivity index (χ2v) is 18.8. The molecule has 1 fully saturated rings. The third-order valence-corrected chi connectivity index (χ3v) is 12.7. The fourth-order valence-corrected chi connectivity index (χ4v) is 8.80.